The van der Waals surface area contributed by atoms with E-state index in [2.05, 4.69) is 16.4 Å². The van der Waals surface area contributed by atoms with Gasteiger partial charge in [-0.25, -0.2) is 0 Å². The van der Waals surface area contributed by atoms with Crippen LogP contribution in [-0.2, 0) is 4.74 Å². The Morgan fingerprint density at radius 2 is 2.44 bits per heavy atom. The third-order valence-electron chi connectivity index (χ3n) is 2.85. The smallest absolute Gasteiger partial charge is 0.254 e. The van der Waals surface area contributed by atoms with Crippen LogP contribution < -0.4 is 5.32 Å². The largest absolute Gasteiger partial charge is 0.377 e. The highest BCUT2D eigenvalue weighted by molar-refractivity contribution is 7.71. The van der Waals surface area contributed by atoms with Gasteiger partial charge >= 0.3 is 0 Å². The van der Waals surface area contributed by atoms with Crippen LogP contribution in [0.4, 0.5) is 0 Å². The zero-order chi connectivity index (χ0) is 12.8. The molecule has 1 aromatic rings. The Kier molecular flexibility index (Phi) is 4.66. The molecule has 0 aliphatic carbocycles. The topological polar surface area (TPSA) is 54.1 Å². The maximum Gasteiger partial charge on any atom is 0.254 e. The summed E-state index contributed by atoms with van der Waals surface area (Å²) in [5.74, 6) is -0.121. The number of hydrogen-bond donors (Lipinski definition) is 2. The van der Waals surface area contributed by atoms with Crippen molar-refractivity contribution in [2.45, 2.75) is 12.8 Å². The summed E-state index contributed by atoms with van der Waals surface area (Å²) in [6.45, 7) is 2.10. The molecule has 18 heavy (non-hydrogen) atoms. The average Bonchev–Trinajstić information content (AvgIpc) is 2.40. The molecule has 1 aliphatic rings. The fourth-order valence-electron chi connectivity index (χ4n) is 1.82. The minimum Gasteiger partial charge on any atom is -0.377 e. The first-order valence-electron chi connectivity index (χ1n) is 5.99. The summed E-state index contributed by atoms with van der Waals surface area (Å²) < 4.78 is 5.70. The van der Waals surface area contributed by atoms with Crippen LogP contribution in [0.3, 0.4) is 0 Å². The SMILES string of the molecule is O=C(NCCC1=CCOCC1)c1ccc[nH]c1=S. The lowest BCUT2D eigenvalue weighted by Gasteiger charge is -2.13. The molecule has 0 unspecified atom stereocenters. The summed E-state index contributed by atoms with van der Waals surface area (Å²) in [4.78, 5) is 14.7. The molecule has 4 nitrogen and oxygen atoms in total. The normalized spacial score (nSPS) is 15.0. The summed E-state index contributed by atoms with van der Waals surface area (Å²) in [5, 5.41) is 2.88. The Hall–Kier alpha value is -1.46. The van der Waals surface area contributed by atoms with Gasteiger partial charge < -0.3 is 15.0 Å². The number of H-pyrrole nitrogens is 1. The van der Waals surface area contributed by atoms with E-state index >= 15 is 0 Å². The molecule has 0 atom stereocenters. The van der Waals surface area contributed by atoms with Crippen LogP contribution in [0.2, 0.25) is 0 Å². The number of hydrogen-bond acceptors (Lipinski definition) is 3. The Morgan fingerprint density at radius 1 is 1.56 bits per heavy atom. The zero-order valence-corrected chi connectivity index (χ0v) is 10.9. The van der Waals surface area contributed by atoms with E-state index in [4.69, 9.17) is 17.0 Å². The number of carbonyl (C=O) groups is 1. The lowest BCUT2D eigenvalue weighted by Crippen LogP contribution is -2.25. The van der Waals surface area contributed by atoms with Crippen molar-refractivity contribution >= 4 is 18.1 Å². The van der Waals surface area contributed by atoms with Crippen LogP contribution in [0.25, 0.3) is 0 Å². The van der Waals surface area contributed by atoms with Gasteiger partial charge in [-0.3, -0.25) is 4.79 Å². The molecule has 0 spiro atoms. The molecule has 0 saturated heterocycles. The number of nitrogens with one attached hydrogen (secondary N) is 2. The Morgan fingerprint density at radius 3 is 3.17 bits per heavy atom. The first-order chi connectivity index (χ1) is 8.77. The van der Waals surface area contributed by atoms with Crippen LogP contribution in [0, 0.1) is 4.64 Å². The number of amides is 1. The van der Waals surface area contributed by atoms with Crippen molar-refractivity contribution in [2.24, 2.45) is 0 Å². The van der Waals surface area contributed by atoms with Crippen molar-refractivity contribution in [3.8, 4) is 0 Å². The summed E-state index contributed by atoms with van der Waals surface area (Å²) >= 11 is 5.06. The minimum absolute atomic E-state index is 0.121. The van der Waals surface area contributed by atoms with Crippen LogP contribution in [0.5, 0.6) is 0 Å². The second kappa shape index (κ2) is 6.47. The predicted octanol–water partition coefficient (Wildman–Crippen LogP) is 2.21. The Bertz CT molecular complexity index is 508. The monoisotopic (exact) mass is 264 g/mol. The highest BCUT2D eigenvalue weighted by Gasteiger charge is 2.08. The van der Waals surface area contributed by atoms with E-state index in [9.17, 15) is 4.79 Å². The molecule has 1 aromatic heterocycles. The van der Waals surface area contributed by atoms with Gasteiger partial charge in [0.15, 0.2) is 0 Å². The van der Waals surface area contributed by atoms with Gasteiger partial charge in [-0.15, -0.1) is 0 Å². The van der Waals surface area contributed by atoms with Crippen molar-refractivity contribution in [1.29, 1.82) is 0 Å². The maximum atomic E-state index is 11.9. The lowest BCUT2D eigenvalue weighted by atomic mass is 10.1. The van der Waals surface area contributed by atoms with Gasteiger partial charge in [0.2, 0.25) is 0 Å². The number of aromatic nitrogens is 1. The van der Waals surface area contributed by atoms with E-state index in [-0.39, 0.29) is 5.91 Å². The molecular weight excluding hydrogens is 248 g/mol. The lowest BCUT2D eigenvalue weighted by molar-refractivity contribution is 0.0953. The van der Waals surface area contributed by atoms with Gasteiger partial charge in [-0.2, -0.15) is 0 Å². The number of aromatic amines is 1. The van der Waals surface area contributed by atoms with Gasteiger partial charge in [-0.05, 0) is 25.0 Å². The van der Waals surface area contributed by atoms with Crippen molar-refractivity contribution in [3.63, 3.8) is 0 Å². The van der Waals surface area contributed by atoms with Gasteiger partial charge in [0, 0.05) is 12.7 Å². The molecule has 2 N–H and O–H groups in total. The summed E-state index contributed by atoms with van der Waals surface area (Å²) in [5.41, 5.74) is 1.87. The second-order valence-electron chi connectivity index (χ2n) is 4.11. The molecule has 2 heterocycles. The third-order valence-corrected chi connectivity index (χ3v) is 3.19. The zero-order valence-electron chi connectivity index (χ0n) is 10.1. The van der Waals surface area contributed by atoms with Gasteiger partial charge in [0.05, 0.1) is 18.8 Å². The van der Waals surface area contributed by atoms with Gasteiger partial charge in [-0.1, -0.05) is 23.9 Å². The van der Waals surface area contributed by atoms with Crippen molar-refractivity contribution < 1.29 is 9.53 Å². The number of ether oxygens (including phenoxy) is 1. The molecule has 1 aliphatic heterocycles. The van der Waals surface area contributed by atoms with E-state index in [1.807, 2.05) is 0 Å². The van der Waals surface area contributed by atoms with E-state index < -0.39 is 0 Å². The van der Waals surface area contributed by atoms with Crippen molar-refractivity contribution in [2.75, 3.05) is 19.8 Å². The van der Waals surface area contributed by atoms with Crippen LogP contribution in [0.15, 0.2) is 30.0 Å². The molecular formula is C13H16N2O2S. The molecule has 5 heteroatoms. The highest BCUT2D eigenvalue weighted by atomic mass is 32.1. The number of carbonyl (C=O) groups excluding carboxylic acids is 1. The summed E-state index contributed by atoms with van der Waals surface area (Å²) in [6.07, 6.45) is 5.64. The minimum atomic E-state index is -0.121. The quantitative estimate of drug-likeness (QED) is 0.647. The molecule has 0 radical (unpaired) electrons. The highest BCUT2D eigenvalue weighted by Crippen LogP contribution is 2.10. The van der Waals surface area contributed by atoms with Crippen molar-refractivity contribution in [1.82, 2.24) is 10.3 Å². The fraction of sp³-hybridized carbons (Fsp3) is 0.385. The standard InChI is InChI=1S/C13H16N2O2S/c16-12(11-2-1-6-15-13(11)18)14-7-3-10-4-8-17-9-5-10/h1-2,4,6H,3,5,7-9H2,(H,14,16)(H,15,18). The number of rotatable bonds is 4. The van der Waals surface area contributed by atoms with Crippen LogP contribution in [0.1, 0.15) is 23.2 Å². The fourth-order valence-corrected chi connectivity index (χ4v) is 2.05. The maximum absolute atomic E-state index is 11.9. The predicted molar refractivity (Wildman–Crippen MR) is 72.1 cm³/mol. The third kappa shape index (κ3) is 3.51. The average molecular weight is 264 g/mol. The van der Waals surface area contributed by atoms with Crippen LogP contribution in [-0.4, -0.2) is 30.6 Å². The molecule has 1 amide bonds. The Balaban J connectivity index is 1.84. The molecule has 0 fully saturated rings. The molecule has 0 bridgehead atoms. The molecule has 0 aromatic carbocycles. The Labute approximate surface area is 111 Å². The van der Waals surface area contributed by atoms with Crippen LogP contribution >= 0.6 is 12.2 Å². The van der Waals surface area contributed by atoms with Gasteiger partial charge in [0.1, 0.15) is 4.64 Å². The first kappa shape index (κ1) is 13.0. The molecule has 2 rings (SSSR count). The second-order valence-corrected chi connectivity index (χ2v) is 4.51. The van der Waals surface area contributed by atoms with E-state index in [1.165, 1.54) is 5.57 Å². The van der Waals surface area contributed by atoms with E-state index in [0.29, 0.717) is 23.4 Å². The summed E-state index contributed by atoms with van der Waals surface area (Å²) in [6, 6.07) is 3.49. The molecule has 96 valence electrons. The first-order valence-corrected chi connectivity index (χ1v) is 6.40. The number of pyridine rings is 1. The van der Waals surface area contributed by atoms with Crippen molar-refractivity contribution in [3.05, 3.63) is 40.2 Å². The van der Waals surface area contributed by atoms with E-state index in [1.54, 1.807) is 18.3 Å². The summed E-state index contributed by atoms with van der Waals surface area (Å²) in [7, 11) is 0. The van der Waals surface area contributed by atoms with Gasteiger partial charge in [0.25, 0.3) is 5.91 Å². The van der Waals surface area contributed by atoms with E-state index in [0.717, 1.165) is 19.4 Å². The molecule has 0 saturated carbocycles.